The fraction of sp³-hybridized carbons (Fsp3) is 0. The van der Waals surface area contributed by atoms with Crippen molar-refractivity contribution in [1.29, 1.82) is 0 Å². The van der Waals surface area contributed by atoms with Gasteiger partial charge in [-0.15, -0.1) is 0 Å². The smallest absolute Gasteiger partial charge is 0.493 e. The molecule has 0 fully saturated rings. The molecule has 0 aromatic rings. The topological polar surface area (TPSA) is 153 Å². The van der Waals surface area contributed by atoms with Gasteiger partial charge in [0, 0.05) is 0 Å². The third-order valence-corrected chi connectivity index (χ3v) is 3.28. The summed E-state index contributed by atoms with van der Waals surface area (Å²) in [5.41, 5.74) is 0. The monoisotopic (exact) mass is 241 g/mol. The molecule has 0 amide bonds. The molecule has 12 heteroatoms. The van der Waals surface area contributed by atoms with Crippen molar-refractivity contribution in [1.82, 2.24) is 0 Å². The van der Waals surface area contributed by atoms with Gasteiger partial charge in [0.2, 0.25) is 0 Å². The van der Waals surface area contributed by atoms with Crippen molar-refractivity contribution < 1.29 is 40.9 Å². The van der Waals surface area contributed by atoms with E-state index < -0.39 is 27.0 Å². The highest BCUT2D eigenvalue weighted by Gasteiger charge is 2.32. The first-order valence-corrected chi connectivity index (χ1v) is 6.04. The van der Waals surface area contributed by atoms with Gasteiger partial charge in [0.25, 0.3) is 0 Å². The Morgan fingerprint density at radius 2 is 1.67 bits per heavy atom. The van der Waals surface area contributed by atoms with Crippen LogP contribution in [-0.2, 0) is 28.8 Å². The van der Waals surface area contributed by atoms with Crippen LogP contribution in [0.25, 0.3) is 0 Å². The van der Waals surface area contributed by atoms with Crippen LogP contribution in [0.5, 0.6) is 0 Å². The Balaban J connectivity index is 4.35. The summed E-state index contributed by atoms with van der Waals surface area (Å²) in [5, 5.41) is 0. The average Bonchev–Trinajstić information content (AvgIpc) is 1.48. The highest BCUT2D eigenvalue weighted by atomic mass is 32.2. The van der Waals surface area contributed by atoms with E-state index in [4.69, 9.17) is 14.7 Å². The van der Waals surface area contributed by atoms with Crippen LogP contribution in [0.15, 0.2) is 0 Å². The van der Waals surface area contributed by atoms with Crippen molar-refractivity contribution in [2.45, 2.75) is 0 Å². The minimum absolute atomic E-state index is 3.10. The molecule has 2 unspecified atom stereocenters. The molecule has 0 rings (SSSR count). The lowest BCUT2D eigenvalue weighted by molar-refractivity contribution is 0.229. The molecule has 0 heterocycles. The van der Waals surface area contributed by atoms with Gasteiger partial charge >= 0.3 is 15.6 Å². The molecular formula is H3O9P2S-. The molecule has 0 bridgehead atoms. The van der Waals surface area contributed by atoms with Gasteiger partial charge in [-0.1, -0.05) is 0 Å². The predicted octanol–water partition coefficient (Wildman–Crippen LogP) is -0.993. The minimum atomic E-state index is -5.25. The van der Waals surface area contributed by atoms with Gasteiger partial charge in [0.15, 0.2) is 0 Å². The highest BCUT2D eigenvalue weighted by molar-refractivity contribution is 7.80. The normalized spacial score (nSPS) is 20.0. The van der Waals surface area contributed by atoms with E-state index in [1.807, 2.05) is 0 Å². The molecule has 3 N–H and O–H groups in total. The third kappa shape index (κ3) is 7.04. The quantitative estimate of drug-likeness (QED) is 0.415. The SMILES string of the molecule is O=S([O-])OP(=O)(O)OP(=O)(O)O. The largest absolute Gasteiger partial charge is 0.749 e. The van der Waals surface area contributed by atoms with Gasteiger partial charge in [0.1, 0.15) is 0 Å². The highest BCUT2D eigenvalue weighted by Crippen LogP contribution is 2.57. The van der Waals surface area contributed by atoms with Gasteiger partial charge in [0.05, 0.1) is 11.4 Å². The molecule has 0 aromatic carbocycles. The van der Waals surface area contributed by atoms with Crippen LogP contribution in [-0.4, -0.2) is 23.4 Å². The molecule has 0 saturated carbocycles. The van der Waals surface area contributed by atoms with Crippen LogP contribution < -0.4 is 0 Å². The molecule has 0 radical (unpaired) electrons. The maximum Gasteiger partial charge on any atom is 0.493 e. The zero-order valence-electron chi connectivity index (χ0n) is 5.09. The summed E-state index contributed by atoms with van der Waals surface area (Å²) in [4.78, 5) is 24.1. The maximum atomic E-state index is 10.3. The molecule has 2 atom stereocenters. The zero-order valence-corrected chi connectivity index (χ0v) is 7.70. The first kappa shape index (κ1) is 12.4. The summed E-state index contributed by atoms with van der Waals surface area (Å²) in [7, 11) is -10.5. The Labute approximate surface area is 68.7 Å². The Morgan fingerprint density at radius 3 is 1.92 bits per heavy atom. The number of hydrogen-bond donors (Lipinski definition) is 3. The van der Waals surface area contributed by atoms with E-state index >= 15 is 0 Å². The summed E-state index contributed by atoms with van der Waals surface area (Å²) in [5.74, 6) is 0. The molecule has 0 aliphatic carbocycles. The predicted molar refractivity (Wildman–Crippen MR) is 33.0 cm³/mol. The average molecular weight is 241 g/mol. The maximum absolute atomic E-state index is 10.3. The van der Waals surface area contributed by atoms with Crippen molar-refractivity contribution in [3.63, 3.8) is 0 Å². The van der Waals surface area contributed by atoms with E-state index in [2.05, 4.69) is 8.28 Å². The van der Waals surface area contributed by atoms with Crippen molar-refractivity contribution >= 4 is 27.0 Å². The zero-order chi connectivity index (χ0) is 9.99. The number of rotatable bonds is 4. The van der Waals surface area contributed by atoms with Crippen LogP contribution in [0.3, 0.4) is 0 Å². The van der Waals surface area contributed by atoms with E-state index in [0.29, 0.717) is 0 Å². The molecule has 12 heavy (non-hydrogen) atoms. The summed E-state index contributed by atoms with van der Waals surface area (Å²) >= 11 is -3.40. The summed E-state index contributed by atoms with van der Waals surface area (Å²) in [6.07, 6.45) is 0. The van der Waals surface area contributed by atoms with Gasteiger partial charge in [-0.25, -0.2) is 13.3 Å². The van der Waals surface area contributed by atoms with E-state index in [0.717, 1.165) is 0 Å². The van der Waals surface area contributed by atoms with Crippen LogP contribution in [0, 0.1) is 0 Å². The van der Waals surface area contributed by atoms with Crippen LogP contribution in [0.1, 0.15) is 0 Å². The van der Waals surface area contributed by atoms with Crippen LogP contribution in [0.2, 0.25) is 0 Å². The molecular weight excluding hydrogens is 238 g/mol. The third-order valence-electron chi connectivity index (χ3n) is 0.365. The fourth-order valence-electron chi connectivity index (χ4n) is 0.225. The second-order valence-corrected chi connectivity index (χ2v) is 4.90. The summed E-state index contributed by atoms with van der Waals surface area (Å²) in [6, 6.07) is 0. The lowest BCUT2D eigenvalue weighted by atomic mass is 15.7. The lowest BCUT2D eigenvalue weighted by Gasteiger charge is -2.12. The molecule has 0 spiro atoms. The van der Waals surface area contributed by atoms with Gasteiger partial charge < -0.3 is 19.2 Å². The van der Waals surface area contributed by atoms with Gasteiger partial charge in [-0.05, 0) is 0 Å². The number of phosphoric acid groups is 2. The summed E-state index contributed by atoms with van der Waals surface area (Å²) < 4.78 is 45.6. The van der Waals surface area contributed by atoms with Crippen molar-refractivity contribution in [3.05, 3.63) is 0 Å². The van der Waals surface area contributed by atoms with E-state index in [-0.39, 0.29) is 0 Å². The van der Waals surface area contributed by atoms with Gasteiger partial charge in [-0.3, -0.25) is 0 Å². The van der Waals surface area contributed by atoms with E-state index in [9.17, 15) is 17.9 Å². The Morgan fingerprint density at radius 1 is 1.25 bits per heavy atom. The van der Waals surface area contributed by atoms with Gasteiger partial charge in [-0.2, -0.15) is 8.28 Å². The molecule has 74 valence electrons. The second-order valence-electron chi connectivity index (χ2n) is 1.32. The molecule has 0 saturated heterocycles. The number of hydrogen-bond acceptors (Lipinski definition) is 6. The van der Waals surface area contributed by atoms with Crippen molar-refractivity contribution in [3.8, 4) is 0 Å². The molecule has 0 aromatic heterocycles. The Kier molecular flexibility index (Phi) is 4.18. The van der Waals surface area contributed by atoms with Crippen LogP contribution in [0.4, 0.5) is 0 Å². The van der Waals surface area contributed by atoms with E-state index in [1.165, 1.54) is 0 Å². The molecule has 0 aliphatic heterocycles. The van der Waals surface area contributed by atoms with E-state index in [1.54, 1.807) is 0 Å². The standard InChI is InChI=1S/H4O9P2S/c1-10(2,3)8-11(4,5)9-12(6)7/h(H,4,5)(H,6,7)(H2,1,2,3)/p-1. The summed E-state index contributed by atoms with van der Waals surface area (Å²) in [6.45, 7) is 0. The molecule has 9 nitrogen and oxygen atoms in total. The lowest BCUT2D eigenvalue weighted by Crippen LogP contribution is -1.96. The molecule has 0 aliphatic rings. The first-order chi connectivity index (χ1) is 5.12. The van der Waals surface area contributed by atoms with Crippen LogP contribution >= 0.6 is 15.6 Å². The Bertz CT molecular complexity index is 260. The Hall–Kier alpha value is 0.370. The fourth-order valence-corrected chi connectivity index (χ4v) is 2.27. The minimum Gasteiger partial charge on any atom is -0.749 e. The van der Waals surface area contributed by atoms with Crippen molar-refractivity contribution in [2.75, 3.05) is 0 Å². The second kappa shape index (κ2) is 4.05. The van der Waals surface area contributed by atoms with Crippen molar-refractivity contribution in [2.24, 2.45) is 0 Å². The first-order valence-electron chi connectivity index (χ1n) is 2.01.